The van der Waals surface area contributed by atoms with Crippen LogP contribution in [0.1, 0.15) is 10.6 Å². The second-order valence-electron chi connectivity index (χ2n) is 3.52. The van der Waals surface area contributed by atoms with Gasteiger partial charge >= 0.3 is 0 Å². The fourth-order valence-electron chi connectivity index (χ4n) is 1.30. The SMILES string of the molecule is Cc1ncsc1CN(C)c1cnc(N)cn1. The van der Waals surface area contributed by atoms with Crippen molar-refractivity contribution in [1.29, 1.82) is 0 Å². The van der Waals surface area contributed by atoms with Gasteiger partial charge in [0.2, 0.25) is 0 Å². The number of nitrogen functional groups attached to an aromatic ring is 1. The number of rotatable bonds is 3. The summed E-state index contributed by atoms with van der Waals surface area (Å²) in [6.07, 6.45) is 3.23. The Morgan fingerprint density at radius 2 is 2.12 bits per heavy atom. The Morgan fingerprint density at radius 3 is 2.69 bits per heavy atom. The molecule has 5 nitrogen and oxygen atoms in total. The van der Waals surface area contributed by atoms with E-state index in [-0.39, 0.29) is 0 Å². The van der Waals surface area contributed by atoms with E-state index in [1.54, 1.807) is 23.7 Å². The zero-order valence-electron chi connectivity index (χ0n) is 9.21. The number of nitrogens with zero attached hydrogens (tertiary/aromatic N) is 4. The minimum absolute atomic E-state index is 0.436. The van der Waals surface area contributed by atoms with Crippen LogP contribution in [0.3, 0.4) is 0 Å². The second kappa shape index (κ2) is 4.44. The highest BCUT2D eigenvalue weighted by Crippen LogP contribution is 2.17. The minimum Gasteiger partial charge on any atom is -0.382 e. The van der Waals surface area contributed by atoms with Crippen LogP contribution in [0.15, 0.2) is 17.9 Å². The van der Waals surface area contributed by atoms with Gasteiger partial charge in [0.15, 0.2) is 0 Å². The fourth-order valence-corrected chi connectivity index (χ4v) is 2.13. The molecule has 2 aromatic heterocycles. The number of aromatic nitrogens is 3. The number of hydrogen-bond donors (Lipinski definition) is 1. The van der Waals surface area contributed by atoms with Crippen LogP contribution in [0.4, 0.5) is 11.6 Å². The molecule has 6 heteroatoms. The Labute approximate surface area is 98.0 Å². The molecule has 0 aromatic carbocycles. The Hall–Kier alpha value is -1.69. The first-order valence-electron chi connectivity index (χ1n) is 4.84. The summed E-state index contributed by atoms with van der Waals surface area (Å²) >= 11 is 1.65. The third-order valence-corrected chi connectivity index (χ3v) is 3.19. The predicted octanol–water partition coefficient (Wildman–Crippen LogP) is 1.46. The van der Waals surface area contributed by atoms with E-state index in [1.807, 2.05) is 24.4 Å². The number of anilines is 2. The maximum atomic E-state index is 5.49. The van der Waals surface area contributed by atoms with Crippen molar-refractivity contribution in [2.45, 2.75) is 13.5 Å². The van der Waals surface area contributed by atoms with Crippen molar-refractivity contribution in [3.05, 3.63) is 28.5 Å². The Balaban J connectivity index is 2.11. The molecule has 2 heterocycles. The van der Waals surface area contributed by atoms with Gasteiger partial charge in [-0.15, -0.1) is 11.3 Å². The van der Waals surface area contributed by atoms with E-state index in [9.17, 15) is 0 Å². The summed E-state index contributed by atoms with van der Waals surface area (Å²) in [6.45, 7) is 2.80. The van der Waals surface area contributed by atoms with Crippen LogP contribution in [-0.4, -0.2) is 22.0 Å². The van der Waals surface area contributed by atoms with Crippen LogP contribution in [-0.2, 0) is 6.54 Å². The molecule has 2 rings (SSSR count). The van der Waals surface area contributed by atoms with Crippen molar-refractivity contribution < 1.29 is 0 Å². The van der Waals surface area contributed by atoms with Gasteiger partial charge in [-0.25, -0.2) is 15.0 Å². The van der Waals surface area contributed by atoms with Crippen LogP contribution in [0.5, 0.6) is 0 Å². The first kappa shape index (κ1) is 10.8. The van der Waals surface area contributed by atoms with E-state index in [2.05, 4.69) is 15.0 Å². The Kier molecular flexibility index (Phi) is 3.00. The smallest absolute Gasteiger partial charge is 0.147 e. The molecule has 0 unspecified atom stereocenters. The fraction of sp³-hybridized carbons (Fsp3) is 0.300. The number of aryl methyl sites for hydroxylation is 1. The first-order valence-corrected chi connectivity index (χ1v) is 5.72. The molecule has 0 saturated carbocycles. The zero-order valence-corrected chi connectivity index (χ0v) is 10.0. The molecule has 0 fully saturated rings. The molecule has 16 heavy (non-hydrogen) atoms. The molecular weight excluding hydrogens is 222 g/mol. The molecule has 0 spiro atoms. The summed E-state index contributed by atoms with van der Waals surface area (Å²) in [4.78, 5) is 15.7. The quantitative estimate of drug-likeness (QED) is 0.872. The van der Waals surface area contributed by atoms with Gasteiger partial charge in [-0.05, 0) is 6.92 Å². The van der Waals surface area contributed by atoms with Crippen LogP contribution >= 0.6 is 11.3 Å². The lowest BCUT2D eigenvalue weighted by atomic mass is 10.3. The highest BCUT2D eigenvalue weighted by atomic mass is 32.1. The van der Waals surface area contributed by atoms with E-state index < -0.39 is 0 Å². The number of thiazole rings is 1. The molecule has 0 atom stereocenters. The maximum Gasteiger partial charge on any atom is 0.147 e. The van der Waals surface area contributed by atoms with Crippen molar-refractivity contribution in [2.24, 2.45) is 0 Å². The number of hydrogen-bond acceptors (Lipinski definition) is 6. The molecule has 0 saturated heterocycles. The van der Waals surface area contributed by atoms with Gasteiger partial charge in [0.05, 0.1) is 30.1 Å². The highest BCUT2D eigenvalue weighted by Gasteiger charge is 2.07. The third kappa shape index (κ3) is 2.27. The Morgan fingerprint density at radius 1 is 1.31 bits per heavy atom. The van der Waals surface area contributed by atoms with Gasteiger partial charge in [-0.2, -0.15) is 0 Å². The molecule has 0 aliphatic heterocycles. The summed E-state index contributed by atoms with van der Waals surface area (Å²) in [7, 11) is 1.97. The van der Waals surface area contributed by atoms with E-state index in [0.717, 1.165) is 18.1 Å². The number of nitrogens with two attached hydrogens (primary N) is 1. The zero-order chi connectivity index (χ0) is 11.5. The molecule has 0 radical (unpaired) electrons. The van der Waals surface area contributed by atoms with E-state index >= 15 is 0 Å². The lowest BCUT2D eigenvalue weighted by Gasteiger charge is -2.16. The molecular formula is C10H13N5S. The molecule has 2 aromatic rings. The third-order valence-electron chi connectivity index (χ3n) is 2.27. The summed E-state index contributed by atoms with van der Waals surface area (Å²) < 4.78 is 0. The molecule has 0 amide bonds. The van der Waals surface area contributed by atoms with Crippen molar-refractivity contribution >= 4 is 23.0 Å². The summed E-state index contributed by atoms with van der Waals surface area (Å²) in [6, 6.07) is 0. The molecule has 2 N–H and O–H groups in total. The molecule has 0 aliphatic rings. The van der Waals surface area contributed by atoms with Crippen LogP contribution in [0, 0.1) is 6.92 Å². The average molecular weight is 235 g/mol. The van der Waals surface area contributed by atoms with Crippen LogP contribution in [0.2, 0.25) is 0 Å². The summed E-state index contributed by atoms with van der Waals surface area (Å²) in [5.41, 5.74) is 8.41. The van der Waals surface area contributed by atoms with Gasteiger partial charge in [0.25, 0.3) is 0 Å². The predicted molar refractivity (Wildman–Crippen MR) is 65.4 cm³/mol. The minimum atomic E-state index is 0.436. The summed E-state index contributed by atoms with van der Waals surface area (Å²) in [5.74, 6) is 1.24. The van der Waals surface area contributed by atoms with Crippen LogP contribution < -0.4 is 10.6 Å². The standard InChI is InChI=1S/C10H13N5S/c1-7-8(16-6-14-7)5-15(2)10-4-12-9(11)3-13-10/h3-4,6H,5H2,1-2H3,(H2,11,12). The van der Waals surface area contributed by atoms with Gasteiger partial charge in [-0.1, -0.05) is 0 Å². The van der Waals surface area contributed by atoms with Gasteiger partial charge in [0.1, 0.15) is 11.6 Å². The van der Waals surface area contributed by atoms with E-state index in [0.29, 0.717) is 5.82 Å². The lowest BCUT2D eigenvalue weighted by Crippen LogP contribution is -2.17. The van der Waals surface area contributed by atoms with Gasteiger partial charge in [-0.3, -0.25) is 0 Å². The van der Waals surface area contributed by atoms with Crippen molar-refractivity contribution in [3.63, 3.8) is 0 Å². The van der Waals surface area contributed by atoms with Crippen molar-refractivity contribution in [2.75, 3.05) is 17.7 Å². The monoisotopic (exact) mass is 235 g/mol. The van der Waals surface area contributed by atoms with Gasteiger partial charge in [0, 0.05) is 11.9 Å². The van der Waals surface area contributed by atoms with Crippen LogP contribution in [0.25, 0.3) is 0 Å². The van der Waals surface area contributed by atoms with E-state index in [4.69, 9.17) is 5.73 Å². The topological polar surface area (TPSA) is 67.9 Å². The van der Waals surface area contributed by atoms with Crippen molar-refractivity contribution in [3.8, 4) is 0 Å². The normalized spacial score (nSPS) is 10.4. The average Bonchev–Trinajstić information content (AvgIpc) is 2.65. The molecule has 0 bridgehead atoms. The highest BCUT2D eigenvalue weighted by molar-refractivity contribution is 7.09. The maximum absolute atomic E-state index is 5.49. The van der Waals surface area contributed by atoms with Crippen molar-refractivity contribution in [1.82, 2.24) is 15.0 Å². The van der Waals surface area contributed by atoms with E-state index in [1.165, 1.54) is 4.88 Å². The lowest BCUT2D eigenvalue weighted by molar-refractivity contribution is 0.894. The molecule has 84 valence electrons. The largest absolute Gasteiger partial charge is 0.382 e. The molecule has 0 aliphatic carbocycles. The summed E-state index contributed by atoms with van der Waals surface area (Å²) in [5, 5.41) is 0. The second-order valence-corrected chi connectivity index (χ2v) is 4.46. The Bertz CT molecular complexity index is 464. The van der Waals surface area contributed by atoms with Gasteiger partial charge < -0.3 is 10.6 Å². The first-order chi connectivity index (χ1) is 7.66.